The molecule has 3 heteroatoms. The number of benzene rings is 1. The third-order valence-electron chi connectivity index (χ3n) is 3.38. The van der Waals surface area contributed by atoms with Gasteiger partial charge in [0.15, 0.2) is 0 Å². The molecule has 1 rings (SSSR count). The Balaban J connectivity index is 2.43. The smallest absolute Gasteiger partial charge is 0.123 e. The van der Waals surface area contributed by atoms with Crippen molar-refractivity contribution in [3.05, 3.63) is 29.8 Å². The fourth-order valence-electron chi connectivity index (χ4n) is 1.81. The van der Waals surface area contributed by atoms with Gasteiger partial charge >= 0.3 is 0 Å². The number of hydrogen-bond acceptors (Lipinski definition) is 3. The van der Waals surface area contributed by atoms with Gasteiger partial charge in [0.05, 0.1) is 0 Å². The van der Waals surface area contributed by atoms with Crippen molar-refractivity contribution in [1.82, 2.24) is 10.2 Å². The molecule has 1 N–H and O–H groups in total. The third-order valence-corrected chi connectivity index (χ3v) is 3.38. The van der Waals surface area contributed by atoms with Crippen LogP contribution in [-0.4, -0.2) is 38.2 Å². The van der Waals surface area contributed by atoms with Gasteiger partial charge in [-0.25, -0.2) is 0 Å². The Hall–Kier alpha value is -1.06. The summed E-state index contributed by atoms with van der Waals surface area (Å²) in [6.45, 7) is 7.00. The predicted octanol–water partition coefficient (Wildman–Crippen LogP) is 2.52. The summed E-state index contributed by atoms with van der Waals surface area (Å²) < 4.78 is 5.87. The van der Waals surface area contributed by atoms with Crippen molar-refractivity contribution in [3.8, 4) is 5.75 Å². The second-order valence-electron chi connectivity index (χ2n) is 4.72. The summed E-state index contributed by atoms with van der Waals surface area (Å²) in [5.41, 5.74) is 1.21. The van der Waals surface area contributed by atoms with Gasteiger partial charge in [-0.2, -0.15) is 0 Å². The van der Waals surface area contributed by atoms with Crippen LogP contribution < -0.4 is 10.1 Å². The van der Waals surface area contributed by atoms with E-state index in [2.05, 4.69) is 37.2 Å². The third kappa shape index (κ3) is 4.67. The highest BCUT2D eigenvalue weighted by Crippen LogP contribution is 2.17. The van der Waals surface area contributed by atoms with Gasteiger partial charge < -0.3 is 15.0 Å². The van der Waals surface area contributed by atoms with Crippen LogP contribution in [-0.2, 0) is 6.54 Å². The van der Waals surface area contributed by atoms with E-state index in [4.69, 9.17) is 4.74 Å². The number of likely N-dealkylation sites (N-methyl/N-ethyl adjacent to an activating group) is 1. The van der Waals surface area contributed by atoms with Crippen LogP contribution in [0.25, 0.3) is 0 Å². The molecule has 0 radical (unpaired) electrons. The molecule has 0 saturated carbocycles. The van der Waals surface area contributed by atoms with Crippen LogP contribution in [0.3, 0.4) is 0 Å². The number of nitrogens with zero attached hydrogens (tertiary/aromatic N) is 1. The molecule has 0 amide bonds. The van der Waals surface area contributed by atoms with Crippen molar-refractivity contribution in [3.63, 3.8) is 0 Å². The lowest BCUT2D eigenvalue weighted by Crippen LogP contribution is -2.32. The van der Waals surface area contributed by atoms with Crippen LogP contribution in [0.5, 0.6) is 5.75 Å². The number of para-hydroxylation sites is 1. The summed E-state index contributed by atoms with van der Waals surface area (Å²) >= 11 is 0. The van der Waals surface area contributed by atoms with Gasteiger partial charge in [0.1, 0.15) is 12.4 Å². The van der Waals surface area contributed by atoms with Crippen molar-refractivity contribution in [1.29, 1.82) is 0 Å². The highest BCUT2D eigenvalue weighted by Gasteiger charge is 2.07. The first kappa shape index (κ1) is 15.0. The second-order valence-corrected chi connectivity index (χ2v) is 4.72. The number of ether oxygens (including phenoxy) is 1. The summed E-state index contributed by atoms with van der Waals surface area (Å²) in [6, 6.07) is 8.82. The number of hydrogen-bond donors (Lipinski definition) is 1. The van der Waals surface area contributed by atoms with Crippen molar-refractivity contribution in [2.75, 3.05) is 27.2 Å². The molecule has 0 bridgehead atoms. The Bertz CT molecular complexity index is 341. The number of rotatable bonds is 8. The van der Waals surface area contributed by atoms with Gasteiger partial charge in [-0.3, -0.25) is 0 Å². The minimum atomic E-state index is 0.612. The Morgan fingerprint density at radius 3 is 2.72 bits per heavy atom. The van der Waals surface area contributed by atoms with Gasteiger partial charge in [-0.15, -0.1) is 0 Å². The molecule has 18 heavy (non-hydrogen) atoms. The molecule has 1 unspecified atom stereocenters. The van der Waals surface area contributed by atoms with Crippen molar-refractivity contribution >= 4 is 0 Å². The zero-order valence-electron chi connectivity index (χ0n) is 12.1. The van der Waals surface area contributed by atoms with E-state index in [0.29, 0.717) is 6.04 Å². The SMILES string of the molecule is CCC(C)N(C)CCOc1ccccc1CNC. The first-order chi connectivity index (χ1) is 8.69. The fourth-order valence-corrected chi connectivity index (χ4v) is 1.81. The minimum absolute atomic E-state index is 0.612. The number of nitrogens with one attached hydrogen (secondary N) is 1. The van der Waals surface area contributed by atoms with Gasteiger partial charge in [0.25, 0.3) is 0 Å². The van der Waals surface area contributed by atoms with Crippen LogP contribution in [0, 0.1) is 0 Å². The Morgan fingerprint density at radius 2 is 2.06 bits per heavy atom. The lowest BCUT2D eigenvalue weighted by atomic mass is 10.2. The standard InChI is InChI=1S/C15H26N2O/c1-5-13(2)17(4)10-11-18-15-9-7-6-8-14(15)12-16-3/h6-9,13,16H,5,10-12H2,1-4H3. The summed E-state index contributed by atoms with van der Waals surface area (Å²) in [5, 5.41) is 3.16. The van der Waals surface area contributed by atoms with E-state index in [1.165, 1.54) is 12.0 Å². The van der Waals surface area contributed by atoms with E-state index < -0.39 is 0 Å². The molecule has 0 aromatic heterocycles. The van der Waals surface area contributed by atoms with Gasteiger partial charge in [0, 0.05) is 24.7 Å². The van der Waals surface area contributed by atoms with Crippen LogP contribution in [0.1, 0.15) is 25.8 Å². The lowest BCUT2D eigenvalue weighted by Gasteiger charge is -2.23. The molecule has 102 valence electrons. The average Bonchev–Trinajstić information content (AvgIpc) is 2.40. The molecule has 0 saturated heterocycles. The molecule has 0 heterocycles. The zero-order valence-corrected chi connectivity index (χ0v) is 12.1. The monoisotopic (exact) mass is 250 g/mol. The topological polar surface area (TPSA) is 24.5 Å². The van der Waals surface area contributed by atoms with E-state index in [1.54, 1.807) is 0 Å². The maximum absolute atomic E-state index is 5.87. The normalized spacial score (nSPS) is 12.7. The lowest BCUT2D eigenvalue weighted by molar-refractivity contribution is 0.196. The highest BCUT2D eigenvalue weighted by atomic mass is 16.5. The van der Waals surface area contributed by atoms with Gasteiger partial charge in [-0.1, -0.05) is 25.1 Å². The molecular formula is C15H26N2O. The maximum Gasteiger partial charge on any atom is 0.123 e. The van der Waals surface area contributed by atoms with Crippen molar-refractivity contribution < 1.29 is 4.74 Å². The molecular weight excluding hydrogens is 224 g/mol. The first-order valence-electron chi connectivity index (χ1n) is 6.74. The predicted molar refractivity (Wildman–Crippen MR) is 77.1 cm³/mol. The molecule has 1 aromatic carbocycles. The van der Waals surface area contributed by atoms with E-state index in [0.717, 1.165) is 25.4 Å². The quantitative estimate of drug-likeness (QED) is 0.767. The summed E-state index contributed by atoms with van der Waals surface area (Å²) in [5.74, 6) is 0.990. The largest absolute Gasteiger partial charge is 0.492 e. The average molecular weight is 250 g/mol. The highest BCUT2D eigenvalue weighted by molar-refractivity contribution is 5.33. The van der Waals surface area contributed by atoms with Gasteiger partial charge in [0.2, 0.25) is 0 Å². The molecule has 1 aromatic rings. The molecule has 0 fully saturated rings. The van der Waals surface area contributed by atoms with Gasteiger partial charge in [-0.05, 0) is 33.5 Å². The van der Waals surface area contributed by atoms with Crippen LogP contribution in [0.4, 0.5) is 0 Å². The summed E-state index contributed by atoms with van der Waals surface area (Å²) in [7, 11) is 4.10. The summed E-state index contributed by atoms with van der Waals surface area (Å²) in [4.78, 5) is 2.33. The van der Waals surface area contributed by atoms with Crippen LogP contribution >= 0.6 is 0 Å². The van der Waals surface area contributed by atoms with E-state index >= 15 is 0 Å². The van der Waals surface area contributed by atoms with Crippen molar-refractivity contribution in [2.45, 2.75) is 32.9 Å². The van der Waals surface area contributed by atoms with E-state index in [1.807, 2.05) is 25.2 Å². The molecule has 3 nitrogen and oxygen atoms in total. The molecule has 0 aliphatic rings. The Labute approximate surface area is 111 Å². The van der Waals surface area contributed by atoms with Crippen LogP contribution in [0.2, 0.25) is 0 Å². The molecule has 0 aliphatic carbocycles. The fraction of sp³-hybridized carbons (Fsp3) is 0.600. The molecule has 0 aliphatic heterocycles. The second kappa shape index (κ2) is 8.11. The molecule has 1 atom stereocenters. The molecule has 0 spiro atoms. The Kier molecular flexibility index (Phi) is 6.76. The summed E-state index contributed by atoms with van der Waals surface area (Å²) in [6.07, 6.45) is 1.17. The van der Waals surface area contributed by atoms with Crippen molar-refractivity contribution in [2.24, 2.45) is 0 Å². The first-order valence-corrected chi connectivity index (χ1v) is 6.74. The Morgan fingerprint density at radius 1 is 1.33 bits per heavy atom. The van der Waals surface area contributed by atoms with Crippen LogP contribution in [0.15, 0.2) is 24.3 Å². The van der Waals surface area contributed by atoms with E-state index in [9.17, 15) is 0 Å². The zero-order chi connectivity index (χ0) is 13.4. The maximum atomic E-state index is 5.87. The van der Waals surface area contributed by atoms with E-state index in [-0.39, 0.29) is 0 Å². The minimum Gasteiger partial charge on any atom is -0.492 e.